The molecule has 1 aliphatic heterocycles. The number of carbonyl (C=O) groups excluding carboxylic acids is 2. The maximum absolute atomic E-state index is 11.7. The number of piperazine rings is 1. The lowest BCUT2D eigenvalue weighted by Crippen LogP contribution is -2.50. The van der Waals surface area contributed by atoms with E-state index in [1.165, 1.54) is 0 Å². The lowest BCUT2D eigenvalue weighted by atomic mass is 10.3. The largest absolute Gasteiger partial charge is 0.449 e. The molecule has 0 spiro atoms. The zero-order chi connectivity index (χ0) is 14.8. The van der Waals surface area contributed by atoms with Crippen molar-refractivity contribution < 1.29 is 19.1 Å². The highest BCUT2D eigenvalue weighted by molar-refractivity contribution is 5.70. The Hall–Kier alpha value is -1.46. The van der Waals surface area contributed by atoms with Gasteiger partial charge < -0.3 is 19.3 Å². The molecule has 0 N–H and O–H groups in total. The van der Waals surface area contributed by atoms with Gasteiger partial charge in [-0.1, -0.05) is 26.7 Å². The van der Waals surface area contributed by atoms with E-state index < -0.39 is 0 Å². The molecule has 0 aromatic heterocycles. The maximum Gasteiger partial charge on any atom is 0.409 e. The number of rotatable bonds is 6. The van der Waals surface area contributed by atoms with Crippen LogP contribution in [0.5, 0.6) is 0 Å². The molecular weight excluding hydrogens is 260 g/mol. The number of carbonyl (C=O) groups is 2. The predicted octanol–water partition coefficient (Wildman–Crippen LogP) is 2.48. The van der Waals surface area contributed by atoms with E-state index >= 15 is 0 Å². The number of nitrogens with zero attached hydrogens (tertiary/aromatic N) is 2. The van der Waals surface area contributed by atoms with Gasteiger partial charge in [0.25, 0.3) is 0 Å². The molecule has 6 nitrogen and oxygen atoms in total. The fourth-order valence-electron chi connectivity index (χ4n) is 1.86. The minimum absolute atomic E-state index is 0.280. The molecule has 0 unspecified atom stereocenters. The highest BCUT2D eigenvalue weighted by Crippen LogP contribution is 2.06. The fourth-order valence-corrected chi connectivity index (χ4v) is 1.86. The molecule has 20 heavy (non-hydrogen) atoms. The third-order valence-corrected chi connectivity index (χ3v) is 3.24. The first-order valence-electron chi connectivity index (χ1n) is 7.52. The van der Waals surface area contributed by atoms with Crippen LogP contribution in [0.1, 0.15) is 39.5 Å². The minimum atomic E-state index is -0.280. The number of amides is 2. The van der Waals surface area contributed by atoms with Crippen LogP contribution in [0, 0.1) is 0 Å². The van der Waals surface area contributed by atoms with Gasteiger partial charge in [0.2, 0.25) is 0 Å². The lowest BCUT2D eigenvalue weighted by Gasteiger charge is -2.33. The van der Waals surface area contributed by atoms with E-state index in [2.05, 4.69) is 13.8 Å². The lowest BCUT2D eigenvalue weighted by molar-refractivity contribution is 0.0598. The molecule has 1 saturated heterocycles. The van der Waals surface area contributed by atoms with Crippen LogP contribution in [0.3, 0.4) is 0 Å². The fraction of sp³-hybridized carbons (Fsp3) is 0.857. The van der Waals surface area contributed by atoms with Crippen molar-refractivity contribution in [3.63, 3.8) is 0 Å². The van der Waals surface area contributed by atoms with Crippen molar-refractivity contribution in [2.45, 2.75) is 39.5 Å². The number of ether oxygens (including phenoxy) is 2. The second-order valence-corrected chi connectivity index (χ2v) is 4.91. The summed E-state index contributed by atoms with van der Waals surface area (Å²) >= 11 is 0. The molecule has 0 aromatic carbocycles. The minimum Gasteiger partial charge on any atom is -0.449 e. The Morgan fingerprint density at radius 1 is 0.800 bits per heavy atom. The zero-order valence-electron chi connectivity index (χ0n) is 12.6. The molecule has 0 bridgehead atoms. The molecular formula is C14H26N2O4. The van der Waals surface area contributed by atoms with Gasteiger partial charge in [0.15, 0.2) is 0 Å². The Balaban J connectivity index is 2.21. The van der Waals surface area contributed by atoms with E-state index in [4.69, 9.17) is 9.47 Å². The van der Waals surface area contributed by atoms with Gasteiger partial charge in [-0.05, 0) is 12.8 Å². The molecule has 0 radical (unpaired) electrons. The van der Waals surface area contributed by atoms with E-state index in [9.17, 15) is 9.59 Å². The molecule has 0 saturated carbocycles. The van der Waals surface area contributed by atoms with Crippen molar-refractivity contribution >= 4 is 12.2 Å². The van der Waals surface area contributed by atoms with Crippen LogP contribution in [0.4, 0.5) is 9.59 Å². The maximum atomic E-state index is 11.7. The average Bonchev–Trinajstić information content (AvgIpc) is 2.47. The number of unbranched alkanes of at least 4 members (excludes halogenated alkanes) is 2. The summed E-state index contributed by atoms with van der Waals surface area (Å²) in [4.78, 5) is 26.7. The van der Waals surface area contributed by atoms with E-state index in [-0.39, 0.29) is 12.2 Å². The monoisotopic (exact) mass is 286 g/mol. The van der Waals surface area contributed by atoms with E-state index in [1.54, 1.807) is 9.80 Å². The average molecular weight is 286 g/mol. The Kier molecular flexibility index (Phi) is 7.84. The van der Waals surface area contributed by atoms with Crippen molar-refractivity contribution in [1.82, 2.24) is 9.80 Å². The van der Waals surface area contributed by atoms with Gasteiger partial charge >= 0.3 is 12.2 Å². The predicted molar refractivity (Wildman–Crippen MR) is 75.7 cm³/mol. The Bertz CT molecular complexity index is 272. The first-order valence-corrected chi connectivity index (χ1v) is 7.52. The van der Waals surface area contributed by atoms with Crippen LogP contribution in [0.25, 0.3) is 0 Å². The summed E-state index contributed by atoms with van der Waals surface area (Å²) in [5.41, 5.74) is 0. The first-order chi connectivity index (χ1) is 9.69. The third kappa shape index (κ3) is 5.67. The number of hydrogen-bond acceptors (Lipinski definition) is 4. The van der Waals surface area contributed by atoms with Crippen molar-refractivity contribution in [3.05, 3.63) is 0 Å². The summed E-state index contributed by atoms with van der Waals surface area (Å²) in [5, 5.41) is 0. The highest BCUT2D eigenvalue weighted by atomic mass is 16.6. The summed E-state index contributed by atoms with van der Waals surface area (Å²) < 4.78 is 10.3. The molecule has 1 heterocycles. The summed E-state index contributed by atoms with van der Waals surface area (Å²) in [6.07, 6.45) is 3.22. The van der Waals surface area contributed by atoms with Crippen molar-refractivity contribution in [2.75, 3.05) is 39.4 Å². The summed E-state index contributed by atoms with van der Waals surface area (Å²) in [7, 11) is 0. The molecule has 0 aromatic rings. The van der Waals surface area contributed by atoms with Gasteiger partial charge in [0.05, 0.1) is 13.2 Å². The summed E-state index contributed by atoms with van der Waals surface area (Å²) in [6.45, 7) is 7.07. The van der Waals surface area contributed by atoms with Gasteiger partial charge in [0.1, 0.15) is 0 Å². The van der Waals surface area contributed by atoms with Crippen LogP contribution in [0.15, 0.2) is 0 Å². The standard InChI is InChI=1S/C14H26N2O4/c1-3-5-11-19-13(17)15-7-9-16(10-8-15)14(18)20-12-6-4-2/h3-12H2,1-2H3. The van der Waals surface area contributed by atoms with Gasteiger partial charge in [-0.2, -0.15) is 0 Å². The van der Waals surface area contributed by atoms with Crippen molar-refractivity contribution in [3.8, 4) is 0 Å². The molecule has 6 heteroatoms. The molecule has 1 aliphatic rings. The summed E-state index contributed by atoms with van der Waals surface area (Å²) in [6, 6.07) is 0. The third-order valence-electron chi connectivity index (χ3n) is 3.24. The van der Waals surface area contributed by atoms with Crippen molar-refractivity contribution in [1.29, 1.82) is 0 Å². The van der Waals surface area contributed by atoms with Crippen LogP contribution in [0.2, 0.25) is 0 Å². The van der Waals surface area contributed by atoms with E-state index in [0.717, 1.165) is 25.7 Å². The second kappa shape index (κ2) is 9.44. The molecule has 0 aliphatic carbocycles. The Morgan fingerprint density at radius 2 is 1.15 bits per heavy atom. The smallest absolute Gasteiger partial charge is 0.409 e. The van der Waals surface area contributed by atoms with Crippen LogP contribution in [-0.4, -0.2) is 61.4 Å². The molecule has 2 amide bonds. The molecule has 116 valence electrons. The molecule has 1 fully saturated rings. The number of hydrogen-bond donors (Lipinski definition) is 0. The van der Waals surface area contributed by atoms with E-state index in [0.29, 0.717) is 39.4 Å². The van der Waals surface area contributed by atoms with Crippen LogP contribution < -0.4 is 0 Å². The van der Waals surface area contributed by atoms with Crippen molar-refractivity contribution in [2.24, 2.45) is 0 Å². The molecule has 0 atom stereocenters. The topological polar surface area (TPSA) is 59.1 Å². The second-order valence-electron chi connectivity index (χ2n) is 4.91. The zero-order valence-corrected chi connectivity index (χ0v) is 12.6. The van der Waals surface area contributed by atoms with Gasteiger partial charge in [-0.3, -0.25) is 0 Å². The quantitative estimate of drug-likeness (QED) is 0.704. The Morgan fingerprint density at radius 3 is 1.45 bits per heavy atom. The normalized spacial score (nSPS) is 15.1. The van der Waals surface area contributed by atoms with Crippen LogP contribution in [-0.2, 0) is 9.47 Å². The van der Waals surface area contributed by atoms with Gasteiger partial charge in [-0.25, -0.2) is 9.59 Å². The van der Waals surface area contributed by atoms with Gasteiger partial charge in [0, 0.05) is 26.2 Å². The van der Waals surface area contributed by atoms with Crippen LogP contribution >= 0.6 is 0 Å². The highest BCUT2D eigenvalue weighted by Gasteiger charge is 2.25. The molecule has 1 rings (SSSR count). The van der Waals surface area contributed by atoms with Gasteiger partial charge in [-0.15, -0.1) is 0 Å². The first kappa shape index (κ1) is 16.6. The van der Waals surface area contributed by atoms with E-state index in [1.807, 2.05) is 0 Å². The summed E-state index contributed by atoms with van der Waals surface area (Å²) in [5.74, 6) is 0. The SMILES string of the molecule is CCCCOC(=O)N1CCN(C(=O)OCCCC)CC1. The Labute approximate surface area is 121 Å².